The first-order chi connectivity index (χ1) is 14.3. The van der Waals surface area contributed by atoms with E-state index in [1.165, 1.54) is 24.6 Å². The van der Waals surface area contributed by atoms with Crippen LogP contribution in [0, 0.1) is 5.92 Å². The van der Waals surface area contributed by atoms with Crippen LogP contribution in [-0.2, 0) is 4.79 Å². The monoisotopic (exact) mass is 434 g/mol. The van der Waals surface area contributed by atoms with Crippen LogP contribution in [0.5, 0.6) is 11.6 Å². The van der Waals surface area contributed by atoms with Gasteiger partial charge in [-0.1, -0.05) is 23.5 Å². The molecule has 0 bridgehead atoms. The molecule has 0 aliphatic heterocycles. The highest BCUT2D eigenvalue weighted by Gasteiger charge is 2.39. The van der Waals surface area contributed by atoms with Gasteiger partial charge in [0, 0.05) is 13.0 Å². The summed E-state index contributed by atoms with van der Waals surface area (Å²) in [6, 6.07) is 7.01. The van der Waals surface area contributed by atoms with Crippen molar-refractivity contribution in [2.45, 2.75) is 32.4 Å². The summed E-state index contributed by atoms with van der Waals surface area (Å²) in [5, 5.41) is 3.11. The number of halogens is 3. The average molecular weight is 434 g/mol. The first-order valence-corrected chi connectivity index (χ1v) is 10.0. The fraction of sp³-hybridized carbons (Fsp3) is 0.300. The van der Waals surface area contributed by atoms with Crippen molar-refractivity contribution in [3.8, 4) is 11.6 Å². The zero-order chi connectivity index (χ0) is 21.3. The maximum Gasteiger partial charge on any atom is 0.392 e. The van der Waals surface area contributed by atoms with Crippen LogP contribution in [0.15, 0.2) is 36.7 Å². The first kappa shape index (κ1) is 20.3. The number of thiazole rings is 1. The molecule has 1 amide bonds. The Balaban J connectivity index is 1.56. The van der Waals surface area contributed by atoms with Crippen LogP contribution in [0.3, 0.4) is 0 Å². The van der Waals surface area contributed by atoms with Crippen LogP contribution in [0.4, 0.5) is 18.3 Å². The number of rotatable bonds is 4. The summed E-state index contributed by atoms with van der Waals surface area (Å²) in [5.74, 6) is -0.801. The molecule has 0 saturated heterocycles. The standard InChI is InChI=1S/C20H17F3N4O2S/c1-11(28)26-19-27-18-15(3-2-4-16(18)30-19)29-17-9-14(24-10-25-17)12-5-7-13(8-6-12)20(21,22)23/h2-5,9-10,13H,6-8H2,1H3,(H,26,27,28). The molecule has 0 fully saturated rings. The van der Waals surface area contributed by atoms with Gasteiger partial charge in [-0.25, -0.2) is 15.0 Å². The topological polar surface area (TPSA) is 77.0 Å². The minimum atomic E-state index is -4.18. The molecule has 1 unspecified atom stereocenters. The molecule has 156 valence electrons. The predicted molar refractivity (Wildman–Crippen MR) is 107 cm³/mol. The number of allylic oxidation sites excluding steroid dienone is 2. The van der Waals surface area contributed by atoms with E-state index in [0.29, 0.717) is 28.5 Å². The highest BCUT2D eigenvalue weighted by molar-refractivity contribution is 7.22. The normalized spacial score (nSPS) is 16.9. The summed E-state index contributed by atoms with van der Waals surface area (Å²) in [7, 11) is 0. The number of amides is 1. The van der Waals surface area contributed by atoms with E-state index in [-0.39, 0.29) is 24.6 Å². The van der Waals surface area contributed by atoms with Crippen molar-refractivity contribution >= 4 is 38.2 Å². The summed E-state index contributed by atoms with van der Waals surface area (Å²) in [6.07, 6.45) is -0.977. The smallest absolute Gasteiger partial charge is 0.392 e. The number of hydrogen-bond donors (Lipinski definition) is 1. The molecule has 0 saturated carbocycles. The summed E-state index contributed by atoms with van der Waals surface area (Å²) in [4.78, 5) is 24.0. The number of hydrogen-bond acceptors (Lipinski definition) is 6. The molecule has 1 aliphatic carbocycles. The van der Waals surface area contributed by atoms with E-state index in [4.69, 9.17) is 4.74 Å². The lowest BCUT2D eigenvalue weighted by atomic mass is 9.88. The highest BCUT2D eigenvalue weighted by Crippen LogP contribution is 2.39. The Morgan fingerprint density at radius 3 is 2.83 bits per heavy atom. The van der Waals surface area contributed by atoms with E-state index in [0.717, 1.165) is 10.3 Å². The molecule has 1 aromatic carbocycles. The number of alkyl halides is 3. The van der Waals surface area contributed by atoms with Crippen molar-refractivity contribution in [3.05, 3.63) is 42.4 Å². The minimum absolute atomic E-state index is 0.0413. The van der Waals surface area contributed by atoms with Crippen LogP contribution in [-0.4, -0.2) is 27.0 Å². The van der Waals surface area contributed by atoms with Crippen LogP contribution in [0.2, 0.25) is 0 Å². The molecule has 2 aromatic heterocycles. The van der Waals surface area contributed by atoms with E-state index in [9.17, 15) is 18.0 Å². The number of aromatic nitrogens is 3. The van der Waals surface area contributed by atoms with Gasteiger partial charge in [0.05, 0.1) is 16.3 Å². The van der Waals surface area contributed by atoms with Gasteiger partial charge in [-0.2, -0.15) is 13.2 Å². The SMILES string of the molecule is CC(=O)Nc1nc2c(Oc3cc(C4=CCC(C(F)(F)F)CC4)ncn3)cccc2s1. The van der Waals surface area contributed by atoms with Crippen molar-refractivity contribution in [3.63, 3.8) is 0 Å². The lowest BCUT2D eigenvalue weighted by Crippen LogP contribution is -2.24. The number of fused-ring (bicyclic) bond motifs is 1. The van der Waals surface area contributed by atoms with Crippen LogP contribution < -0.4 is 10.1 Å². The fourth-order valence-electron chi connectivity index (χ4n) is 3.26. The minimum Gasteiger partial charge on any atom is -0.437 e. The van der Waals surface area contributed by atoms with Crippen molar-refractivity contribution in [1.82, 2.24) is 15.0 Å². The molecule has 2 heterocycles. The third-order valence-electron chi connectivity index (χ3n) is 4.72. The number of anilines is 1. The summed E-state index contributed by atoms with van der Waals surface area (Å²) in [6.45, 7) is 1.41. The van der Waals surface area contributed by atoms with Crippen molar-refractivity contribution in [1.29, 1.82) is 0 Å². The Morgan fingerprint density at radius 1 is 1.30 bits per heavy atom. The number of carbonyl (C=O) groups excluding carboxylic acids is 1. The van der Waals surface area contributed by atoms with Crippen LogP contribution in [0.25, 0.3) is 15.8 Å². The van der Waals surface area contributed by atoms with E-state index in [1.807, 2.05) is 6.07 Å². The lowest BCUT2D eigenvalue weighted by Gasteiger charge is -2.23. The maximum absolute atomic E-state index is 12.9. The molecular weight excluding hydrogens is 417 g/mol. The second kappa shape index (κ2) is 8.02. The molecule has 0 spiro atoms. The van der Waals surface area contributed by atoms with E-state index < -0.39 is 12.1 Å². The van der Waals surface area contributed by atoms with Gasteiger partial charge in [0.15, 0.2) is 10.9 Å². The number of ether oxygens (including phenoxy) is 1. The van der Waals surface area contributed by atoms with Crippen molar-refractivity contribution in [2.24, 2.45) is 5.92 Å². The maximum atomic E-state index is 12.9. The van der Waals surface area contributed by atoms with Gasteiger partial charge in [0.1, 0.15) is 11.8 Å². The zero-order valence-corrected chi connectivity index (χ0v) is 16.7. The largest absolute Gasteiger partial charge is 0.437 e. The quantitative estimate of drug-likeness (QED) is 0.580. The number of carbonyl (C=O) groups is 1. The van der Waals surface area contributed by atoms with Gasteiger partial charge in [-0.3, -0.25) is 4.79 Å². The lowest BCUT2D eigenvalue weighted by molar-refractivity contribution is -0.175. The predicted octanol–water partition coefficient (Wildman–Crippen LogP) is 5.58. The van der Waals surface area contributed by atoms with Gasteiger partial charge < -0.3 is 10.1 Å². The molecular formula is C20H17F3N4O2S. The number of benzene rings is 1. The highest BCUT2D eigenvalue weighted by atomic mass is 32.1. The molecule has 3 aromatic rings. The second-order valence-electron chi connectivity index (χ2n) is 6.89. The Hall–Kier alpha value is -3.01. The molecule has 1 N–H and O–H groups in total. The molecule has 0 radical (unpaired) electrons. The van der Waals surface area contributed by atoms with E-state index in [1.54, 1.807) is 24.3 Å². The van der Waals surface area contributed by atoms with Crippen molar-refractivity contribution in [2.75, 3.05) is 5.32 Å². The third-order valence-corrected chi connectivity index (χ3v) is 5.66. The molecule has 6 nitrogen and oxygen atoms in total. The van der Waals surface area contributed by atoms with Crippen molar-refractivity contribution < 1.29 is 22.7 Å². The molecule has 4 rings (SSSR count). The molecule has 10 heteroatoms. The summed E-state index contributed by atoms with van der Waals surface area (Å²) < 4.78 is 45.3. The third kappa shape index (κ3) is 4.43. The zero-order valence-electron chi connectivity index (χ0n) is 15.9. The Labute approximate surface area is 173 Å². The Kier molecular flexibility index (Phi) is 5.42. The average Bonchev–Trinajstić information content (AvgIpc) is 3.10. The van der Waals surface area contributed by atoms with E-state index >= 15 is 0 Å². The first-order valence-electron chi connectivity index (χ1n) is 9.23. The van der Waals surface area contributed by atoms with Gasteiger partial charge in [-0.05, 0) is 37.0 Å². The van der Waals surface area contributed by atoms with Crippen LogP contribution in [0.1, 0.15) is 31.9 Å². The fourth-order valence-corrected chi connectivity index (χ4v) is 4.19. The molecule has 1 aliphatic rings. The second-order valence-corrected chi connectivity index (χ2v) is 7.92. The van der Waals surface area contributed by atoms with E-state index in [2.05, 4.69) is 20.3 Å². The Morgan fingerprint density at radius 2 is 2.13 bits per heavy atom. The van der Waals surface area contributed by atoms with Gasteiger partial charge >= 0.3 is 6.18 Å². The van der Waals surface area contributed by atoms with Gasteiger partial charge in [0.25, 0.3) is 0 Å². The summed E-state index contributed by atoms with van der Waals surface area (Å²) in [5.41, 5.74) is 1.88. The molecule has 30 heavy (non-hydrogen) atoms. The Bertz CT molecular complexity index is 1130. The number of para-hydroxylation sites is 1. The van der Waals surface area contributed by atoms with Crippen LogP contribution >= 0.6 is 11.3 Å². The number of nitrogens with zero attached hydrogens (tertiary/aromatic N) is 3. The number of nitrogens with one attached hydrogen (secondary N) is 1. The summed E-state index contributed by atoms with van der Waals surface area (Å²) >= 11 is 1.32. The van der Waals surface area contributed by atoms with Gasteiger partial charge in [-0.15, -0.1) is 0 Å². The van der Waals surface area contributed by atoms with Gasteiger partial charge in [0.2, 0.25) is 11.8 Å². The molecule has 1 atom stereocenters.